The molecule has 0 unspecified atom stereocenters. The third kappa shape index (κ3) is 5.32. The highest BCUT2D eigenvalue weighted by molar-refractivity contribution is 5.87. The van der Waals surface area contributed by atoms with Crippen molar-refractivity contribution < 1.29 is 18.7 Å². The van der Waals surface area contributed by atoms with Crippen molar-refractivity contribution in [2.24, 2.45) is 0 Å². The molecule has 3 rings (SSSR count). The van der Waals surface area contributed by atoms with E-state index in [-0.39, 0.29) is 11.9 Å². The molecule has 3 aromatic carbocycles. The number of halogens is 1. The van der Waals surface area contributed by atoms with Crippen LogP contribution in [0.2, 0.25) is 0 Å². The maximum absolute atomic E-state index is 13.1. The maximum Gasteiger partial charge on any atom is 0.318 e. The first-order chi connectivity index (χ1) is 14.5. The van der Waals surface area contributed by atoms with Crippen LogP contribution < -0.4 is 5.32 Å². The summed E-state index contributed by atoms with van der Waals surface area (Å²) in [4.78, 5) is 25.6. The predicted molar refractivity (Wildman–Crippen MR) is 113 cm³/mol. The summed E-state index contributed by atoms with van der Waals surface area (Å²) >= 11 is 0. The van der Waals surface area contributed by atoms with Gasteiger partial charge in [0, 0.05) is 0 Å². The Kier molecular flexibility index (Phi) is 6.96. The lowest BCUT2D eigenvalue weighted by Crippen LogP contribution is -2.38. The van der Waals surface area contributed by atoms with Gasteiger partial charge in [-0.15, -0.1) is 0 Å². The monoisotopic (exact) mass is 405 g/mol. The summed E-state index contributed by atoms with van der Waals surface area (Å²) in [6.07, 6.45) is -0.977. The fourth-order valence-corrected chi connectivity index (χ4v) is 3.22. The van der Waals surface area contributed by atoms with Crippen LogP contribution in [-0.4, -0.2) is 18.0 Å². The van der Waals surface area contributed by atoms with E-state index in [1.807, 2.05) is 60.7 Å². The zero-order valence-electron chi connectivity index (χ0n) is 16.9. The molecule has 154 valence electrons. The molecule has 2 atom stereocenters. The second-order valence-corrected chi connectivity index (χ2v) is 7.12. The number of benzene rings is 3. The standard InChI is InChI=1S/C25H24FNO3/c1-17(19-13-15-22(26)16-14-19)27-24(28)18(2)30-25(29)23(20-9-5-3-6-10-20)21-11-7-4-8-12-21/h3-18,23H,1-2H3,(H,27,28)/t17-,18+/m0/s1. The first kappa shape index (κ1) is 21.2. The molecule has 30 heavy (non-hydrogen) atoms. The zero-order valence-corrected chi connectivity index (χ0v) is 16.9. The van der Waals surface area contributed by atoms with Gasteiger partial charge in [-0.1, -0.05) is 72.8 Å². The zero-order chi connectivity index (χ0) is 21.5. The summed E-state index contributed by atoms with van der Waals surface area (Å²) in [6.45, 7) is 3.33. The quantitative estimate of drug-likeness (QED) is 0.576. The summed E-state index contributed by atoms with van der Waals surface area (Å²) in [5.41, 5.74) is 2.34. The Morgan fingerprint density at radius 2 is 1.27 bits per heavy atom. The van der Waals surface area contributed by atoms with Crippen molar-refractivity contribution in [2.45, 2.75) is 31.9 Å². The van der Waals surface area contributed by atoms with Crippen LogP contribution in [0, 0.1) is 5.82 Å². The van der Waals surface area contributed by atoms with E-state index in [0.717, 1.165) is 16.7 Å². The molecule has 1 amide bonds. The second kappa shape index (κ2) is 9.83. The molecular formula is C25H24FNO3. The molecule has 0 aliphatic rings. The number of rotatable bonds is 7. The Morgan fingerprint density at radius 3 is 1.77 bits per heavy atom. The van der Waals surface area contributed by atoms with Crippen molar-refractivity contribution in [3.05, 3.63) is 107 Å². The molecule has 0 fully saturated rings. The Morgan fingerprint density at radius 1 is 0.767 bits per heavy atom. The minimum absolute atomic E-state index is 0.340. The first-order valence-corrected chi connectivity index (χ1v) is 9.82. The molecule has 0 saturated carbocycles. The smallest absolute Gasteiger partial charge is 0.318 e. The largest absolute Gasteiger partial charge is 0.452 e. The van der Waals surface area contributed by atoms with Gasteiger partial charge in [-0.25, -0.2) is 4.39 Å². The SMILES string of the molecule is C[C@H](NC(=O)[C@@H](C)OC(=O)C(c1ccccc1)c1ccccc1)c1ccc(F)cc1. The minimum Gasteiger partial charge on any atom is -0.452 e. The fourth-order valence-electron chi connectivity index (χ4n) is 3.22. The van der Waals surface area contributed by atoms with Crippen molar-refractivity contribution in [1.29, 1.82) is 0 Å². The predicted octanol–water partition coefficient (Wildman–Crippen LogP) is 4.77. The lowest BCUT2D eigenvalue weighted by Gasteiger charge is -2.22. The molecule has 1 N–H and O–H groups in total. The summed E-state index contributed by atoms with van der Waals surface area (Å²) in [7, 11) is 0. The number of ether oxygens (including phenoxy) is 1. The van der Waals surface area contributed by atoms with Gasteiger partial charge in [-0.05, 0) is 42.7 Å². The lowest BCUT2D eigenvalue weighted by atomic mass is 9.91. The molecule has 0 saturated heterocycles. The summed E-state index contributed by atoms with van der Waals surface area (Å²) in [5.74, 6) is -1.88. The van der Waals surface area contributed by atoms with Crippen molar-refractivity contribution in [3.8, 4) is 0 Å². The third-order valence-corrected chi connectivity index (χ3v) is 4.89. The van der Waals surface area contributed by atoms with Gasteiger partial charge in [-0.3, -0.25) is 9.59 Å². The van der Waals surface area contributed by atoms with Gasteiger partial charge in [0.2, 0.25) is 0 Å². The van der Waals surface area contributed by atoms with Crippen LogP contribution in [0.25, 0.3) is 0 Å². The van der Waals surface area contributed by atoms with E-state index in [2.05, 4.69) is 5.32 Å². The molecule has 0 aliphatic heterocycles. The number of amides is 1. The number of hydrogen-bond donors (Lipinski definition) is 1. The Balaban J connectivity index is 1.70. The van der Waals surface area contributed by atoms with Crippen LogP contribution >= 0.6 is 0 Å². The maximum atomic E-state index is 13.1. The van der Waals surface area contributed by atoms with E-state index in [9.17, 15) is 14.0 Å². The van der Waals surface area contributed by atoms with Crippen LogP contribution in [0.5, 0.6) is 0 Å². The van der Waals surface area contributed by atoms with Crippen molar-refractivity contribution in [2.75, 3.05) is 0 Å². The van der Waals surface area contributed by atoms with Gasteiger partial charge >= 0.3 is 5.97 Å². The summed E-state index contributed by atoms with van der Waals surface area (Å²) in [5, 5.41) is 2.80. The number of carbonyl (C=O) groups is 2. The van der Waals surface area contributed by atoms with Crippen molar-refractivity contribution >= 4 is 11.9 Å². The van der Waals surface area contributed by atoms with Crippen LogP contribution in [0.15, 0.2) is 84.9 Å². The van der Waals surface area contributed by atoms with Crippen LogP contribution in [-0.2, 0) is 14.3 Å². The van der Waals surface area contributed by atoms with Gasteiger partial charge in [0.05, 0.1) is 6.04 Å². The number of nitrogens with one attached hydrogen (secondary N) is 1. The third-order valence-electron chi connectivity index (χ3n) is 4.89. The number of carbonyl (C=O) groups excluding carboxylic acids is 2. The number of esters is 1. The molecule has 0 bridgehead atoms. The van der Waals surface area contributed by atoms with E-state index in [4.69, 9.17) is 4.74 Å². The van der Waals surface area contributed by atoms with Gasteiger partial charge in [0.1, 0.15) is 11.7 Å². The van der Waals surface area contributed by atoms with Crippen LogP contribution in [0.1, 0.15) is 42.5 Å². The molecule has 5 heteroatoms. The normalized spacial score (nSPS) is 12.8. The molecule has 4 nitrogen and oxygen atoms in total. The Bertz CT molecular complexity index is 935. The topological polar surface area (TPSA) is 55.4 Å². The van der Waals surface area contributed by atoms with Gasteiger partial charge in [0.25, 0.3) is 5.91 Å². The minimum atomic E-state index is -0.977. The van der Waals surface area contributed by atoms with Crippen molar-refractivity contribution in [3.63, 3.8) is 0 Å². The highest BCUT2D eigenvalue weighted by Gasteiger charge is 2.28. The fraction of sp³-hybridized carbons (Fsp3) is 0.200. The molecule has 0 radical (unpaired) electrons. The average molecular weight is 405 g/mol. The molecule has 0 aliphatic carbocycles. The van der Waals surface area contributed by atoms with Crippen LogP contribution in [0.4, 0.5) is 4.39 Å². The molecule has 0 heterocycles. The summed E-state index contributed by atoms with van der Waals surface area (Å²) in [6, 6.07) is 24.2. The average Bonchev–Trinajstić information content (AvgIpc) is 2.75. The molecular weight excluding hydrogens is 381 g/mol. The van der Waals surface area contributed by atoms with E-state index in [1.54, 1.807) is 19.1 Å². The second-order valence-electron chi connectivity index (χ2n) is 7.12. The summed E-state index contributed by atoms with van der Waals surface area (Å²) < 4.78 is 18.6. The van der Waals surface area contributed by atoms with Gasteiger partial charge in [-0.2, -0.15) is 0 Å². The highest BCUT2D eigenvalue weighted by atomic mass is 19.1. The number of hydrogen-bond acceptors (Lipinski definition) is 3. The van der Waals surface area contributed by atoms with E-state index < -0.39 is 23.9 Å². The first-order valence-electron chi connectivity index (χ1n) is 9.82. The molecule has 0 spiro atoms. The van der Waals surface area contributed by atoms with Crippen LogP contribution in [0.3, 0.4) is 0 Å². The molecule has 3 aromatic rings. The molecule has 0 aromatic heterocycles. The van der Waals surface area contributed by atoms with Gasteiger partial charge < -0.3 is 10.1 Å². The lowest BCUT2D eigenvalue weighted by molar-refractivity contribution is -0.155. The van der Waals surface area contributed by atoms with E-state index in [1.165, 1.54) is 19.1 Å². The van der Waals surface area contributed by atoms with Gasteiger partial charge in [0.15, 0.2) is 6.10 Å². The Hall–Kier alpha value is -3.47. The Labute approximate surface area is 175 Å². The highest BCUT2D eigenvalue weighted by Crippen LogP contribution is 2.26. The van der Waals surface area contributed by atoms with E-state index >= 15 is 0 Å². The van der Waals surface area contributed by atoms with E-state index in [0.29, 0.717) is 0 Å². The van der Waals surface area contributed by atoms with Crippen molar-refractivity contribution in [1.82, 2.24) is 5.32 Å².